The number of carbonyl (C=O) groups excluding carboxylic acids is 1. The first kappa shape index (κ1) is 10.1. The van der Waals surface area contributed by atoms with Gasteiger partial charge in [-0.1, -0.05) is 0 Å². The van der Waals surface area contributed by atoms with Gasteiger partial charge in [0.15, 0.2) is 0 Å². The number of hydrogen-bond donors (Lipinski definition) is 1. The van der Waals surface area contributed by atoms with E-state index in [4.69, 9.17) is 0 Å². The van der Waals surface area contributed by atoms with Crippen LogP contribution in [0.25, 0.3) is 0 Å². The van der Waals surface area contributed by atoms with Gasteiger partial charge in [0, 0.05) is 32.1 Å². The van der Waals surface area contributed by atoms with E-state index in [0.29, 0.717) is 18.4 Å². The molecule has 1 heterocycles. The summed E-state index contributed by atoms with van der Waals surface area (Å²) in [5, 5.41) is 6.67. The third-order valence-electron chi connectivity index (χ3n) is 2.65. The lowest BCUT2D eigenvalue weighted by Gasteiger charge is -2.38. The van der Waals surface area contributed by atoms with E-state index in [9.17, 15) is 9.18 Å². The predicted molar refractivity (Wildman–Crippen MR) is 53.2 cm³/mol. The van der Waals surface area contributed by atoms with Crippen molar-refractivity contribution in [3.8, 4) is 0 Å². The lowest BCUT2D eigenvalue weighted by molar-refractivity contribution is 0.0445. The van der Waals surface area contributed by atoms with Crippen molar-refractivity contribution < 1.29 is 9.18 Å². The summed E-state index contributed by atoms with van der Waals surface area (Å²) in [6.45, 7) is 1.56. The molecule has 0 bridgehead atoms. The highest BCUT2D eigenvalue weighted by Crippen LogP contribution is 2.35. The van der Waals surface area contributed by atoms with Gasteiger partial charge in [-0.2, -0.15) is 5.10 Å². The number of amides is 1. The first-order chi connectivity index (χ1) is 6.96. The van der Waals surface area contributed by atoms with E-state index < -0.39 is 5.67 Å². The van der Waals surface area contributed by atoms with Crippen molar-refractivity contribution in [3.63, 3.8) is 0 Å². The van der Waals surface area contributed by atoms with Crippen LogP contribution < -0.4 is 5.32 Å². The zero-order valence-corrected chi connectivity index (χ0v) is 8.83. The molecule has 2 rings (SSSR count). The van der Waals surface area contributed by atoms with Crippen LogP contribution in [-0.2, 0) is 7.05 Å². The zero-order chi connectivity index (χ0) is 11.1. The lowest BCUT2D eigenvalue weighted by Crippen LogP contribution is -2.51. The highest BCUT2D eigenvalue weighted by molar-refractivity contribution is 5.93. The summed E-state index contributed by atoms with van der Waals surface area (Å²) >= 11 is 0. The van der Waals surface area contributed by atoms with Crippen LogP contribution in [-0.4, -0.2) is 27.4 Å². The normalized spacial score (nSPS) is 29.7. The Morgan fingerprint density at radius 2 is 2.40 bits per heavy atom. The Kier molecular flexibility index (Phi) is 2.25. The first-order valence-electron chi connectivity index (χ1n) is 4.95. The second-order valence-electron chi connectivity index (χ2n) is 4.39. The average molecular weight is 211 g/mol. The fourth-order valence-electron chi connectivity index (χ4n) is 1.88. The molecule has 0 saturated heterocycles. The quantitative estimate of drug-likeness (QED) is 0.794. The van der Waals surface area contributed by atoms with Crippen LogP contribution in [0.1, 0.15) is 30.1 Å². The largest absolute Gasteiger partial charge is 0.349 e. The zero-order valence-electron chi connectivity index (χ0n) is 8.83. The highest BCUT2D eigenvalue weighted by atomic mass is 19.1. The van der Waals surface area contributed by atoms with Gasteiger partial charge in [0.2, 0.25) is 0 Å². The highest BCUT2D eigenvalue weighted by Gasteiger charge is 2.41. The van der Waals surface area contributed by atoms with Gasteiger partial charge < -0.3 is 5.32 Å². The van der Waals surface area contributed by atoms with Crippen LogP contribution in [0, 0.1) is 0 Å². The Labute approximate surface area is 87.5 Å². The lowest BCUT2D eigenvalue weighted by atomic mass is 9.79. The number of rotatable bonds is 2. The fourth-order valence-corrected chi connectivity index (χ4v) is 1.88. The minimum absolute atomic E-state index is 0.0345. The monoisotopic (exact) mass is 211 g/mol. The maximum atomic E-state index is 13.1. The molecule has 1 amide bonds. The van der Waals surface area contributed by atoms with Crippen LogP contribution in [0.2, 0.25) is 0 Å². The van der Waals surface area contributed by atoms with E-state index in [1.165, 1.54) is 6.20 Å². The number of alkyl halides is 1. The molecule has 1 aliphatic carbocycles. The van der Waals surface area contributed by atoms with E-state index >= 15 is 0 Å². The first-order valence-corrected chi connectivity index (χ1v) is 4.95. The molecule has 1 N–H and O–H groups in total. The topological polar surface area (TPSA) is 46.9 Å². The summed E-state index contributed by atoms with van der Waals surface area (Å²) in [4.78, 5) is 11.6. The summed E-state index contributed by atoms with van der Waals surface area (Å²) in [5.74, 6) is -0.177. The summed E-state index contributed by atoms with van der Waals surface area (Å²) in [7, 11) is 1.75. The van der Waals surface area contributed by atoms with Crippen molar-refractivity contribution in [3.05, 3.63) is 18.0 Å². The molecule has 15 heavy (non-hydrogen) atoms. The molecular formula is C10H14FN3O. The predicted octanol–water partition coefficient (Wildman–Crippen LogP) is 1.04. The number of nitrogens with one attached hydrogen (secondary N) is 1. The molecule has 0 aliphatic heterocycles. The van der Waals surface area contributed by atoms with Crippen LogP contribution >= 0.6 is 0 Å². The molecule has 82 valence electrons. The van der Waals surface area contributed by atoms with E-state index in [2.05, 4.69) is 10.4 Å². The average Bonchev–Trinajstić information content (AvgIpc) is 2.48. The molecule has 1 aliphatic rings. The summed E-state index contributed by atoms with van der Waals surface area (Å²) < 4.78 is 14.7. The van der Waals surface area contributed by atoms with Crippen molar-refractivity contribution in [1.82, 2.24) is 15.1 Å². The summed E-state index contributed by atoms with van der Waals surface area (Å²) in [5.41, 5.74) is -0.586. The molecule has 0 unspecified atom stereocenters. The molecule has 4 nitrogen and oxygen atoms in total. The maximum Gasteiger partial charge on any atom is 0.254 e. The van der Waals surface area contributed by atoms with Crippen molar-refractivity contribution in [1.29, 1.82) is 0 Å². The minimum atomic E-state index is -1.10. The molecule has 0 spiro atoms. The number of hydrogen-bond acceptors (Lipinski definition) is 2. The van der Waals surface area contributed by atoms with Gasteiger partial charge in [-0.15, -0.1) is 0 Å². The smallest absolute Gasteiger partial charge is 0.254 e. The fraction of sp³-hybridized carbons (Fsp3) is 0.600. The van der Waals surface area contributed by atoms with E-state index in [1.54, 1.807) is 24.9 Å². The van der Waals surface area contributed by atoms with Gasteiger partial charge >= 0.3 is 0 Å². The van der Waals surface area contributed by atoms with Crippen molar-refractivity contribution >= 4 is 5.91 Å². The Morgan fingerprint density at radius 3 is 2.87 bits per heavy atom. The molecular weight excluding hydrogens is 197 g/mol. The van der Waals surface area contributed by atoms with E-state index in [0.717, 1.165) is 0 Å². The van der Waals surface area contributed by atoms with Gasteiger partial charge in [0.05, 0.1) is 11.8 Å². The van der Waals surface area contributed by atoms with E-state index in [1.807, 2.05) is 0 Å². The molecule has 1 saturated carbocycles. The van der Waals surface area contributed by atoms with Crippen LogP contribution in [0.5, 0.6) is 0 Å². The SMILES string of the molecule is Cn1cc(C(=O)NC2CC(C)(F)C2)cn1. The number of carbonyl (C=O) groups is 1. The number of aromatic nitrogens is 2. The van der Waals surface area contributed by atoms with Gasteiger partial charge in [0.1, 0.15) is 5.67 Å². The van der Waals surface area contributed by atoms with Crippen molar-refractivity contribution in [2.45, 2.75) is 31.5 Å². The Balaban J connectivity index is 1.89. The molecule has 1 aromatic rings. The summed E-state index contributed by atoms with van der Waals surface area (Å²) in [6.07, 6.45) is 3.95. The molecule has 0 atom stereocenters. The Morgan fingerprint density at radius 1 is 1.73 bits per heavy atom. The molecule has 1 fully saturated rings. The molecule has 0 aromatic carbocycles. The van der Waals surface area contributed by atoms with Gasteiger partial charge in [-0.25, -0.2) is 4.39 Å². The number of aryl methyl sites for hydroxylation is 1. The van der Waals surface area contributed by atoms with Crippen LogP contribution in [0.4, 0.5) is 4.39 Å². The van der Waals surface area contributed by atoms with Crippen LogP contribution in [0.3, 0.4) is 0 Å². The van der Waals surface area contributed by atoms with E-state index in [-0.39, 0.29) is 11.9 Å². The van der Waals surface area contributed by atoms with Crippen molar-refractivity contribution in [2.75, 3.05) is 0 Å². The van der Waals surface area contributed by atoms with Gasteiger partial charge in [-0.3, -0.25) is 9.48 Å². The third kappa shape index (κ3) is 2.16. The maximum absolute atomic E-state index is 13.1. The second kappa shape index (κ2) is 3.32. The molecule has 1 aromatic heterocycles. The molecule has 0 radical (unpaired) electrons. The Bertz CT molecular complexity index is 378. The Hall–Kier alpha value is -1.39. The minimum Gasteiger partial charge on any atom is -0.349 e. The van der Waals surface area contributed by atoms with Gasteiger partial charge in [-0.05, 0) is 6.92 Å². The standard InChI is InChI=1S/C10H14FN3O/c1-10(11)3-8(4-10)13-9(15)7-5-12-14(2)6-7/h5-6,8H,3-4H2,1-2H3,(H,13,15). The van der Waals surface area contributed by atoms with Crippen molar-refractivity contribution in [2.24, 2.45) is 7.05 Å². The second-order valence-corrected chi connectivity index (χ2v) is 4.39. The summed E-state index contributed by atoms with van der Waals surface area (Å²) in [6, 6.07) is -0.0345. The third-order valence-corrected chi connectivity index (χ3v) is 2.65. The molecule has 5 heteroatoms. The van der Waals surface area contributed by atoms with Crippen LogP contribution in [0.15, 0.2) is 12.4 Å². The number of nitrogens with zero attached hydrogens (tertiary/aromatic N) is 2. The van der Waals surface area contributed by atoms with Gasteiger partial charge in [0.25, 0.3) is 5.91 Å². The number of halogens is 1.